The molecule has 0 fully saturated rings. The van der Waals surface area contributed by atoms with Crippen LogP contribution in [0.4, 0.5) is 5.69 Å². The molecule has 4 rings (SSSR count). The minimum Gasteiger partial charge on any atom is -0.484 e. The Labute approximate surface area is 240 Å². The molecule has 0 aliphatic carbocycles. The Morgan fingerprint density at radius 2 is 1.65 bits per heavy atom. The van der Waals surface area contributed by atoms with Gasteiger partial charge in [0.05, 0.1) is 24.5 Å². The average molecular weight is 580 g/mol. The molecule has 40 heavy (non-hydrogen) atoms. The fourth-order valence-electron chi connectivity index (χ4n) is 3.48. The maximum Gasteiger partial charge on any atom is 0.338 e. The number of halogens is 1. The molecular formula is C28H26ClN5O5S. The van der Waals surface area contributed by atoms with E-state index in [1.165, 1.54) is 11.8 Å². The fraction of sp³-hybridized carbons (Fsp3) is 0.179. The van der Waals surface area contributed by atoms with Gasteiger partial charge >= 0.3 is 5.97 Å². The van der Waals surface area contributed by atoms with Crippen molar-refractivity contribution < 1.29 is 23.9 Å². The van der Waals surface area contributed by atoms with E-state index in [-0.39, 0.29) is 37.3 Å². The number of hydrogen-bond donors (Lipinski definition) is 2. The number of anilines is 1. The Balaban J connectivity index is 1.36. The number of carbonyl (C=O) groups excluding carboxylic acids is 3. The third-order valence-electron chi connectivity index (χ3n) is 5.35. The molecule has 12 heteroatoms. The Kier molecular flexibility index (Phi) is 10.1. The molecule has 0 saturated heterocycles. The molecule has 0 atom stereocenters. The minimum atomic E-state index is -0.419. The smallest absolute Gasteiger partial charge is 0.338 e. The number of benzene rings is 3. The summed E-state index contributed by atoms with van der Waals surface area (Å²) < 4.78 is 12.2. The van der Waals surface area contributed by atoms with Crippen LogP contribution in [0.15, 0.2) is 84.0 Å². The van der Waals surface area contributed by atoms with Crippen LogP contribution in [-0.2, 0) is 20.9 Å². The number of thioether (sulfide) groups is 1. The van der Waals surface area contributed by atoms with Crippen LogP contribution in [0.3, 0.4) is 0 Å². The summed E-state index contributed by atoms with van der Waals surface area (Å²) in [7, 11) is 0. The number of ether oxygens (including phenoxy) is 2. The van der Waals surface area contributed by atoms with E-state index in [4.69, 9.17) is 21.1 Å². The number of amides is 2. The van der Waals surface area contributed by atoms with Crippen LogP contribution in [-0.4, -0.2) is 51.5 Å². The van der Waals surface area contributed by atoms with Crippen LogP contribution in [0.1, 0.15) is 23.1 Å². The van der Waals surface area contributed by atoms with Crippen molar-refractivity contribution in [1.82, 2.24) is 20.1 Å². The van der Waals surface area contributed by atoms with E-state index < -0.39 is 5.97 Å². The number of rotatable bonds is 12. The molecular weight excluding hydrogens is 554 g/mol. The molecule has 0 radical (unpaired) electrons. The predicted octanol–water partition coefficient (Wildman–Crippen LogP) is 4.52. The zero-order valence-electron chi connectivity index (χ0n) is 21.5. The van der Waals surface area contributed by atoms with Gasteiger partial charge in [-0.1, -0.05) is 41.6 Å². The molecule has 2 amide bonds. The number of para-hydroxylation sites is 1. The van der Waals surface area contributed by atoms with E-state index >= 15 is 0 Å². The normalized spacial score (nSPS) is 10.6. The van der Waals surface area contributed by atoms with Crippen LogP contribution in [0.2, 0.25) is 5.02 Å². The van der Waals surface area contributed by atoms with Crippen LogP contribution in [0.25, 0.3) is 5.69 Å². The van der Waals surface area contributed by atoms with E-state index in [1.54, 1.807) is 60.0 Å². The van der Waals surface area contributed by atoms with Crippen LogP contribution in [0.5, 0.6) is 5.75 Å². The van der Waals surface area contributed by atoms with Gasteiger partial charge in [-0.15, -0.1) is 10.2 Å². The third kappa shape index (κ3) is 8.08. The molecule has 0 bridgehead atoms. The molecule has 1 aromatic heterocycles. The van der Waals surface area contributed by atoms with Gasteiger partial charge in [0.1, 0.15) is 5.75 Å². The van der Waals surface area contributed by atoms with Gasteiger partial charge in [-0.3, -0.25) is 14.2 Å². The largest absolute Gasteiger partial charge is 0.484 e. The Bertz CT molecular complexity index is 1450. The van der Waals surface area contributed by atoms with Gasteiger partial charge in [-0.05, 0) is 67.6 Å². The Hall–Kier alpha value is -4.35. The summed E-state index contributed by atoms with van der Waals surface area (Å²) in [6.07, 6.45) is 0. The van der Waals surface area contributed by atoms with Crippen LogP contribution < -0.4 is 15.4 Å². The summed E-state index contributed by atoms with van der Waals surface area (Å²) >= 11 is 7.07. The van der Waals surface area contributed by atoms with Crippen molar-refractivity contribution in [3.63, 3.8) is 0 Å². The quantitative estimate of drug-likeness (QED) is 0.185. The summed E-state index contributed by atoms with van der Waals surface area (Å²) in [6, 6.07) is 22.6. The number of esters is 1. The molecule has 1 heterocycles. The molecule has 0 aliphatic heterocycles. The lowest BCUT2D eigenvalue weighted by Gasteiger charge is -2.11. The van der Waals surface area contributed by atoms with Crippen molar-refractivity contribution in [2.75, 3.05) is 24.3 Å². The highest BCUT2D eigenvalue weighted by Gasteiger charge is 2.17. The Morgan fingerprint density at radius 3 is 2.35 bits per heavy atom. The van der Waals surface area contributed by atoms with Crippen molar-refractivity contribution >= 4 is 46.8 Å². The second kappa shape index (κ2) is 14.2. The maximum absolute atomic E-state index is 12.6. The van der Waals surface area contributed by atoms with E-state index in [0.29, 0.717) is 33.0 Å². The topological polar surface area (TPSA) is 124 Å². The van der Waals surface area contributed by atoms with Crippen molar-refractivity contribution in [1.29, 1.82) is 0 Å². The van der Waals surface area contributed by atoms with Gasteiger partial charge in [0, 0.05) is 16.4 Å². The first-order chi connectivity index (χ1) is 19.4. The Morgan fingerprint density at radius 1 is 0.925 bits per heavy atom. The average Bonchev–Trinajstić information content (AvgIpc) is 3.38. The molecule has 0 aliphatic rings. The first-order valence-electron chi connectivity index (χ1n) is 12.3. The maximum atomic E-state index is 12.6. The highest BCUT2D eigenvalue weighted by molar-refractivity contribution is 7.99. The number of nitrogens with zero attached hydrogens (tertiary/aromatic N) is 3. The fourth-order valence-corrected chi connectivity index (χ4v) is 4.38. The van der Waals surface area contributed by atoms with Crippen LogP contribution in [0, 0.1) is 0 Å². The lowest BCUT2D eigenvalue weighted by Crippen LogP contribution is -2.29. The molecule has 4 aromatic rings. The van der Waals surface area contributed by atoms with Gasteiger partial charge < -0.3 is 20.1 Å². The summed E-state index contributed by atoms with van der Waals surface area (Å²) in [6.45, 7) is 1.95. The van der Waals surface area contributed by atoms with Gasteiger partial charge in [-0.2, -0.15) is 0 Å². The number of carbonyl (C=O) groups is 3. The molecule has 206 valence electrons. The second-order valence-corrected chi connectivity index (χ2v) is 9.60. The monoisotopic (exact) mass is 579 g/mol. The van der Waals surface area contributed by atoms with Crippen molar-refractivity contribution in [2.45, 2.75) is 18.6 Å². The van der Waals surface area contributed by atoms with E-state index in [2.05, 4.69) is 20.8 Å². The van der Waals surface area contributed by atoms with Gasteiger partial charge in [0.15, 0.2) is 17.6 Å². The van der Waals surface area contributed by atoms with Crippen molar-refractivity contribution in [3.05, 3.63) is 95.3 Å². The summed E-state index contributed by atoms with van der Waals surface area (Å²) in [5.74, 6) is 0.0665. The van der Waals surface area contributed by atoms with Crippen molar-refractivity contribution in [2.24, 2.45) is 0 Å². The summed E-state index contributed by atoms with van der Waals surface area (Å²) in [5, 5.41) is 15.1. The molecule has 0 unspecified atom stereocenters. The zero-order chi connectivity index (χ0) is 28.3. The molecule has 10 nitrogen and oxygen atoms in total. The van der Waals surface area contributed by atoms with E-state index in [1.807, 2.05) is 30.3 Å². The first kappa shape index (κ1) is 28.7. The molecule has 2 N–H and O–H groups in total. The summed E-state index contributed by atoms with van der Waals surface area (Å²) in [4.78, 5) is 36.8. The minimum absolute atomic E-state index is 0.0614. The van der Waals surface area contributed by atoms with Gasteiger partial charge in [-0.25, -0.2) is 4.79 Å². The standard InChI is InChI=1S/C28H26ClN5O5S/c1-2-38-27(37)19-8-12-21(13-9-19)31-26(36)18-40-28-33-32-24(34(28)22-6-4-3-5-7-22)16-30-25(35)17-39-23-14-10-20(29)11-15-23/h3-15H,2,16-18H2,1H3,(H,30,35)(H,31,36). The van der Waals surface area contributed by atoms with Crippen LogP contribution >= 0.6 is 23.4 Å². The highest BCUT2D eigenvalue weighted by Crippen LogP contribution is 2.23. The molecule has 0 spiro atoms. The first-order valence-corrected chi connectivity index (χ1v) is 13.6. The van der Waals surface area contributed by atoms with Crippen molar-refractivity contribution in [3.8, 4) is 11.4 Å². The highest BCUT2D eigenvalue weighted by atomic mass is 35.5. The predicted molar refractivity (Wildman–Crippen MR) is 152 cm³/mol. The number of aromatic nitrogens is 3. The van der Waals surface area contributed by atoms with Gasteiger partial charge in [0.25, 0.3) is 5.91 Å². The van der Waals surface area contributed by atoms with Gasteiger partial charge in [0.2, 0.25) is 5.91 Å². The lowest BCUT2D eigenvalue weighted by molar-refractivity contribution is -0.123. The lowest BCUT2D eigenvalue weighted by atomic mass is 10.2. The molecule has 3 aromatic carbocycles. The molecule has 0 saturated carbocycles. The SMILES string of the molecule is CCOC(=O)c1ccc(NC(=O)CSc2nnc(CNC(=O)COc3ccc(Cl)cc3)n2-c2ccccc2)cc1. The van der Waals surface area contributed by atoms with E-state index in [0.717, 1.165) is 5.69 Å². The zero-order valence-corrected chi connectivity index (χ0v) is 23.1. The number of nitrogens with one attached hydrogen (secondary N) is 2. The summed E-state index contributed by atoms with van der Waals surface area (Å²) in [5.41, 5.74) is 1.74. The second-order valence-electron chi connectivity index (χ2n) is 8.22. The third-order valence-corrected chi connectivity index (χ3v) is 6.54. The van der Waals surface area contributed by atoms with E-state index in [9.17, 15) is 14.4 Å². The number of hydrogen-bond acceptors (Lipinski definition) is 8.